The molecule has 1 aliphatic carbocycles. The van der Waals surface area contributed by atoms with Gasteiger partial charge in [-0.15, -0.1) is 0 Å². The fourth-order valence-corrected chi connectivity index (χ4v) is 1.89. The van der Waals surface area contributed by atoms with Crippen molar-refractivity contribution in [1.29, 1.82) is 0 Å². The summed E-state index contributed by atoms with van der Waals surface area (Å²) in [5, 5.41) is 9.53. The third kappa shape index (κ3) is 1.37. The van der Waals surface area contributed by atoms with Crippen molar-refractivity contribution < 1.29 is 19.4 Å². The molecule has 0 radical (unpaired) electrons. The highest BCUT2D eigenvalue weighted by Crippen LogP contribution is 2.33. The van der Waals surface area contributed by atoms with E-state index < -0.39 is 6.10 Å². The van der Waals surface area contributed by atoms with Crippen molar-refractivity contribution in [3.63, 3.8) is 0 Å². The molecule has 0 amide bonds. The predicted octanol–water partition coefficient (Wildman–Crippen LogP) is -0.192. The molecule has 1 saturated heterocycles. The Morgan fingerprint density at radius 3 is 3.00 bits per heavy atom. The van der Waals surface area contributed by atoms with E-state index in [1.54, 1.807) is 0 Å². The molecule has 13 heavy (non-hydrogen) atoms. The van der Waals surface area contributed by atoms with E-state index in [2.05, 4.69) is 0 Å². The second-order valence-corrected chi connectivity index (χ2v) is 3.45. The van der Waals surface area contributed by atoms with Gasteiger partial charge < -0.3 is 9.84 Å². The van der Waals surface area contributed by atoms with E-state index in [0.29, 0.717) is 18.3 Å². The van der Waals surface area contributed by atoms with E-state index >= 15 is 0 Å². The van der Waals surface area contributed by atoms with E-state index in [-0.39, 0.29) is 24.4 Å². The van der Waals surface area contributed by atoms with Gasteiger partial charge in [0, 0.05) is 12.3 Å². The van der Waals surface area contributed by atoms with E-state index in [9.17, 15) is 14.7 Å². The first-order valence-electron chi connectivity index (χ1n) is 4.24. The topological polar surface area (TPSA) is 63.6 Å². The summed E-state index contributed by atoms with van der Waals surface area (Å²) in [6.07, 6.45) is 1.89. The second kappa shape index (κ2) is 2.96. The molecule has 2 rings (SSSR count). The summed E-state index contributed by atoms with van der Waals surface area (Å²) in [6.45, 7) is 0. The van der Waals surface area contributed by atoms with Gasteiger partial charge in [0.25, 0.3) is 0 Å². The zero-order chi connectivity index (χ0) is 9.42. The van der Waals surface area contributed by atoms with Crippen LogP contribution in [-0.2, 0) is 14.3 Å². The van der Waals surface area contributed by atoms with Crippen LogP contribution < -0.4 is 0 Å². The van der Waals surface area contributed by atoms with Crippen LogP contribution in [0.4, 0.5) is 0 Å². The maximum atomic E-state index is 10.9. The van der Waals surface area contributed by atoms with Crippen molar-refractivity contribution in [2.45, 2.75) is 25.0 Å². The number of aliphatic hydroxyl groups excluding tert-OH is 1. The summed E-state index contributed by atoms with van der Waals surface area (Å²) in [5.41, 5.74) is 0.517. The predicted molar refractivity (Wildman–Crippen MR) is 42.8 cm³/mol. The Hall–Kier alpha value is -1.16. The van der Waals surface area contributed by atoms with Crippen LogP contribution >= 0.6 is 0 Å². The summed E-state index contributed by atoms with van der Waals surface area (Å²) < 4.78 is 4.97. The van der Waals surface area contributed by atoms with Gasteiger partial charge in [0.1, 0.15) is 12.4 Å². The molecule has 70 valence electrons. The number of rotatable bonds is 1. The molecule has 1 heterocycles. The molecule has 4 heteroatoms. The fourth-order valence-electron chi connectivity index (χ4n) is 1.89. The van der Waals surface area contributed by atoms with Crippen LogP contribution in [0.2, 0.25) is 0 Å². The Kier molecular flexibility index (Phi) is 1.92. The molecule has 0 aromatic heterocycles. The molecule has 0 spiro atoms. The van der Waals surface area contributed by atoms with Crippen molar-refractivity contribution in [1.82, 2.24) is 0 Å². The quantitative estimate of drug-likeness (QED) is 0.451. The number of fused-ring (bicyclic) bond motifs is 1. The summed E-state index contributed by atoms with van der Waals surface area (Å²) >= 11 is 0. The van der Waals surface area contributed by atoms with Crippen LogP contribution in [0.1, 0.15) is 12.8 Å². The van der Waals surface area contributed by atoms with E-state index in [4.69, 9.17) is 4.74 Å². The van der Waals surface area contributed by atoms with Crippen LogP contribution in [0.5, 0.6) is 0 Å². The zero-order valence-electron chi connectivity index (χ0n) is 6.97. The molecular formula is C9H10O4. The molecule has 3 atom stereocenters. The molecular weight excluding hydrogens is 172 g/mol. The van der Waals surface area contributed by atoms with Crippen LogP contribution in [-0.4, -0.2) is 29.6 Å². The van der Waals surface area contributed by atoms with E-state index in [0.717, 1.165) is 0 Å². The highest BCUT2D eigenvalue weighted by atomic mass is 16.6. The number of carbonyl (C=O) groups excluding carboxylic acids is 2. The lowest BCUT2D eigenvalue weighted by molar-refractivity contribution is -0.141. The van der Waals surface area contributed by atoms with Gasteiger partial charge in [0.15, 0.2) is 0 Å². The molecule has 4 nitrogen and oxygen atoms in total. The minimum atomic E-state index is -0.717. The highest BCUT2D eigenvalue weighted by molar-refractivity contribution is 5.76. The lowest BCUT2D eigenvalue weighted by Gasteiger charge is -2.25. The van der Waals surface area contributed by atoms with Gasteiger partial charge >= 0.3 is 5.97 Å². The summed E-state index contributed by atoms with van der Waals surface area (Å²) in [6, 6.07) is 0. The normalized spacial score (nSPS) is 37.8. The van der Waals surface area contributed by atoms with Crippen LogP contribution in [0.25, 0.3) is 0 Å². The first-order chi connectivity index (χ1) is 6.20. The Morgan fingerprint density at radius 1 is 1.54 bits per heavy atom. The lowest BCUT2D eigenvalue weighted by Crippen LogP contribution is -2.31. The maximum Gasteiger partial charge on any atom is 0.306 e. The molecule has 1 N–H and O–H groups in total. The average Bonchev–Trinajstić information content (AvgIpc) is 2.46. The SMILES string of the molecule is O=CC1=CC(O)C2CC(=O)OC2C1. The first-order valence-corrected chi connectivity index (χ1v) is 4.24. The van der Waals surface area contributed by atoms with Crippen molar-refractivity contribution in [2.24, 2.45) is 5.92 Å². The molecule has 3 unspecified atom stereocenters. The van der Waals surface area contributed by atoms with Gasteiger partial charge in [0.2, 0.25) is 0 Å². The Balaban J connectivity index is 2.20. The summed E-state index contributed by atoms with van der Waals surface area (Å²) in [5.74, 6) is -0.439. The zero-order valence-corrected chi connectivity index (χ0v) is 6.97. The number of hydrogen-bond donors (Lipinski definition) is 1. The molecule has 0 aromatic rings. The smallest absolute Gasteiger partial charge is 0.306 e. The number of ether oxygens (including phenoxy) is 1. The van der Waals surface area contributed by atoms with Crippen LogP contribution in [0.15, 0.2) is 11.6 Å². The maximum absolute atomic E-state index is 10.9. The van der Waals surface area contributed by atoms with Crippen molar-refractivity contribution in [3.8, 4) is 0 Å². The van der Waals surface area contributed by atoms with E-state index in [1.807, 2.05) is 0 Å². The highest BCUT2D eigenvalue weighted by Gasteiger charge is 2.41. The van der Waals surface area contributed by atoms with Gasteiger partial charge in [-0.05, 0) is 11.6 Å². The number of hydrogen-bond acceptors (Lipinski definition) is 4. The van der Waals surface area contributed by atoms with Crippen molar-refractivity contribution >= 4 is 12.3 Å². The lowest BCUT2D eigenvalue weighted by atomic mass is 9.85. The Bertz CT molecular complexity index is 281. The number of esters is 1. The molecule has 1 fully saturated rings. The molecule has 1 aliphatic heterocycles. The van der Waals surface area contributed by atoms with Gasteiger partial charge in [-0.25, -0.2) is 0 Å². The third-order valence-electron chi connectivity index (χ3n) is 2.57. The van der Waals surface area contributed by atoms with Gasteiger partial charge in [-0.1, -0.05) is 0 Å². The largest absolute Gasteiger partial charge is 0.462 e. The summed E-state index contributed by atoms with van der Waals surface area (Å²) in [4.78, 5) is 21.4. The number of aldehydes is 1. The summed E-state index contributed by atoms with van der Waals surface area (Å²) in [7, 11) is 0. The third-order valence-corrected chi connectivity index (χ3v) is 2.57. The second-order valence-electron chi connectivity index (χ2n) is 3.45. The average molecular weight is 182 g/mol. The standard InChI is InChI=1S/C9H10O4/c10-4-5-1-7(11)6-3-9(12)13-8(6)2-5/h1,4,6-8,11H,2-3H2. The monoisotopic (exact) mass is 182 g/mol. The molecule has 0 saturated carbocycles. The van der Waals surface area contributed by atoms with Crippen molar-refractivity contribution in [2.75, 3.05) is 0 Å². The fraction of sp³-hybridized carbons (Fsp3) is 0.556. The van der Waals surface area contributed by atoms with Gasteiger partial charge in [-0.3, -0.25) is 9.59 Å². The van der Waals surface area contributed by atoms with Gasteiger partial charge in [-0.2, -0.15) is 0 Å². The first kappa shape index (κ1) is 8.44. The molecule has 0 bridgehead atoms. The Morgan fingerprint density at radius 2 is 2.31 bits per heavy atom. The van der Waals surface area contributed by atoms with Crippen molar-refractivity contribution in [3.05, 3.63) is 11.6 Å². The number of carbonyl (C=O) groups is 2. The minimum Gasteiger partial charge on any atom is -0.462 e. The number of aliphatic hydroxyl groups is 1. The van der Waals surface area contributed by atoms with E-state index in [1.165, 1.54) is 6.08 Å². The van der Waals surface area contributed by atoms with Crippen LogP contribution in [0, 0.1) is 5.92 Å². The molecule has 2 aliphatic rings. The van der Waals surface area contributed by atoms with Gasteiger partial charge in [0.05, 0.1) is 12.5 Å². The molecule has 0 aromatic carbocycles. The Labute approximate surface area is 75.2 Å². The van der Waals surface area contributed by atoms with Crippen LogP contribution in [0.3, 0.4) is 0 Å². The minimum absolute atomic E-state index is 0.156.